The van der Waals surface area contributed by atoms with E-state index in [-0.39, 0.29) is 0 Å². The number of thiophene rings is 1. The Morgan fingerprint density at radius 2 is 2.15 bits per heavy atom. The Labute approximate surface area is 137 Å². The number of halogens is 2. The minimum Gasteiger partial charge on any atom is -0.486 e. The van der Waals surface area contributed by atoms with Crippen molar-refractivity contribution in [1.82, 2.24) is 5.32 Å². The molecule has 0 aliphatic heterocycles. The Bertz CT molecular complexity index is 571. The third-order valence-electron chi connectivity index (χ3n) is 2.76. The average molecular weight is 375 g/mol. The Morgan fingerprint density at radius 3 is 2.75 bits per heavy atom. The molecule has 2 rings (SSSR count). The normalized spacial score (nSPS) is 11.1. The van der Waals surface area contributed by atoms with Crippen molar-refractivity contribution in [2.45, 2.75) is 33.0 Å². The van der Waals surface area contributed by atoms with E-state index in [0.717, 1.165) is 27.2 Å². The van der Waals surface area contributed by atoms with E-state index in [4.69, 9.17) is 16.3 Å². The van der Waals surface area contributed by atoms with Gasteiger partial charge in [0.15, 0.2) is 0 Å². The summed E-state index contributed by atoms with van der Waals surface area (Å²) in [4.78, 5) is 1.16. The fraction of sp³-hybridized carbons (Fsp3) is 0.333. The lowest BCUT2D eigenvalue weighted by Crippen LogP contribution is -2.21. The molecule has 0 radical (unpaired) electrons. The first-order chi connectivity index (χ1) is 9.56. The highest BCUT2D eigenvalue weighted by atomic mass is 79.9. The van der Waals surface area contributed by atoms with Gasteiger partial charge in [0.05, 0.1) is 9.90 Å². The zero-order chi connectivity index (χ0) is 14.5. The fourth-order valence-corrected chi connectivity index (χ4v) is 3.30. The first kappa shape index (κ1) is 15.8. The molecule has 0 saturated carbocycles. The third kappa shape index (κ3) is 4.48. The number of hydrogen-bond acceptors (Lipinski definition) is 3. The van der Waals surface area contributed by atoms with Crippen LogP contribution in [0, 0.1) is 0 Å². The molecule has 0 unspecified atom stereocenters. The van der Waals surface area contributed by atoms with Gasteiger partial charge in [-0.3, -0.25) is 0 Å². The highest BCUT2D eigenvalue weighted by Gasteiger charge is 2.06. The van der Waals surface area contributed by atoms with E-state index in [9.17, 15) is 0 Å². The van der Waals surface area contributed by atoms with Gasteiger partial charge in [0.25, 0.3) is 0 Å². The number of nitrogens with one attached hydrogen (secondary N) is 1. The Balaban J connectivity index is 1.97. The second-order valence-electron chi connectivity index (χ2n) is 4.78. The minimum absolute atomic E-state index is 0.459. The number of rotatable bonds is 6. The van der Waals surface area contributed by atoms with Crippen LogP contribution in [0.2, 0.25) is 5.02 Å². The molecule has 0 amide bonds. The van der Waals surface area contributed by atoms with Crippen LogP contribution in [0.15, 0.2) is 34.1 Å². The standard InChI is InChI=1S/C15H17BrClNOS/c1-10(2)18-8-11-3-4-14(13(17)7-11)19-9-15-12(16)5-6-20-15/h3-7,10,18H,8-9H2,1-2H3. The maximum absolute atomic E-state index is 6.26. The lowest BCUT2D eigenvalue weighted by Gasteiger charge is -2.11. The summed E-state index contributed by atoms with van der Waals surface area (Å²) in [5.74, 6) is 0.722. The summed E-state index contributed by atoms with van der Waals surface area (Å²) < 4.78 is 6.85. The molecule has 0 bridgehead atoms. The topological polar surface area (TPSA) is 21.3 Å². The molecule has 20 heavy (non-hydrogen) atoms. The molecule has 0 aliphatic rings. The quantitative estimate of drug-likeness (QED) is 0.746. The van der Waals surface area contributed by atoms with E-state index < -0.39 is 0 Å². The van der Waals surface area contributed by atoms with Gasteiger partial charge in [-0.2, -0.15) is 0 Å². The van der Waals surface area contributed by atoms with Gasteiger partial charge in [-0.1, -0.05) is 31.5 Å². The Hall–Kier alpha value is -0.550. The van der Waals surface area contributed by atoms with Gasteiger partial charge in [-0.05, 0) is 45.1 Å². The predicted molar refractivity (Wildman–Crippen MR) is 89.8 cm³/mol. The highest BCUT2D eigenvalue weighted by molar-refractivity contribution is 9.10. The van der Waals surface area contributed by atoms with E-state index in [0.29, 0.717) is 17.7 Å². The van der Waals surface area contributed by atoms with Crippen molar-refractivity contribution < 1.29 is 4.74 Å². The monoisotopic (exact) mass is 373 g/mol. The van der Waals surface area contributed by atoms with Gasteiger partial charge >= 0.3 is 0 Å². The third-order valence-corrected chi connectivity index (χ3v) is 4.96. The van der Waals surface area contributed by atoms with Crippen LogP contribution in [-0.2, 0) is 13.2 Å². The van der Waals surface area contributed by atoms with Crippen LogP contribution in [0.4, 0.5) is 0 Å². The lowest BCUT2D eigenvalue weighted by atomic mass is 10.2. The van der Waals surface area contributed by atoms with Crippen molar-refractivity contribution in [1.29, 1.82) is 0 Å². The average Bonchev–Trinajstić information content (AvgIpc) is 2.81. The van der Waals surface area contributed by atoms with Crippen LogP contribution in [0.25, 0.3) is 0 Å². The van der Waals surface area contributed by atoms with Crippen LogP contribution >= 0.6 is 38.9 Å². The SMILES string of the molecule is CC(C)NCc1ccc(OCc2sccc2Br)c(Cl)c1. The molecule has 5 heteroatoms. The van der Waals surface area contributed by atoms with E-state index in [1.165, 1.54) is 0 Å². The summed E-state index contributed by atoms with van der Waals surface area (Å²) >= 11 is 11.4. The largest absolute Gasteiger partial charge is 0.486 e. The van der Waals surface area contributed by atoms with E-state index >= 15 is 0 Å². The van der Waals surface area contributed by atoms with Crippen LogP contribution in [0.5, 0.6) is 5.75 Å². The molecule has 0 aliphatic carbocycles. The second-order valence-corrected chi connectivity index (χ2v) is 7.04. The molecule has 0 atom stereocenters. The molecular weight excluding hydrogens is 358 g/mol. The number of hydrogen-bond donors (Lipinski definition) is 1. The molecule has 1 N–H and O–H groups in total. The van der Waals surface area contributed by atoms with Gasteiger partial charge in [0, 0.05) is 17.1 Å². The summed E-state index contributed by atoms with van der Waals surface area (Å²) in [6.45, 7) is 5.59. The zero-order valence-corrected chi connectivity index (χ0v) is 14.6. The van der Waals surface area contributed by atoms with Crippen LogP contribution < -0.4 is 10.1 Å². The molecule has 1 aromatic heterocycles. The van der Waals surface area contributed by atoms with Gasteiger partial charge in [0.1, 0.15) is 12.4 Å². The number of benzene rings is 1. The predicted octanol–water partition coefficient (Wildman–Crippen LogP) is 5.24. The summed E-state index contributed by atoms with van der Waals surface area (Å²) in [6, 6.07) is 8.41. The van der Waals surface area contributed by atoms with Crippen molar-refractivity contribution in [3.63, 3.8) is 0 Å². The Kier molecular flexibility index (Phi) is 5.90. The van der Waals surface area contributed by atoms with Crippen LogP contribution in [0.1, 0.15) is 24.3 Å². The van der Waals surface area contributed by atoms with Gasteiger partial charge in [-0.25, -0.2) is 0 Å². The second kappa shape index (κ2) is 7.46. The highest BCUT2D eigenvalue weighted by Crippen LogP contribution is 2.29. The molecule has 2 aromatic rings. The van der Waals surface area contributed by atoms with Crippen molar-refractivity contribution in [2.24, 2.45) is 0 Å². The first-order valence-electron chi connectivity index (χ1n) is 6.42. The van der Waals surface area contributed by atoms with Gasteiger partial charge < -0.3 is 10.1 Å². The van der Waals surface area contributed by atoms with E-state index in [2.05, 4.69) is 35.1 Å². The molecule has 108 valence electrons. The number of ether oxygens (including phenoxy) is 1. The van der Waals surface area contributed by atoms with Crippen molar-refractivity contribution in [3.05, 3.63) is 49.6 Å². The van der Waals surface area contributed by atoms with Gasteiger partial charge in [0.2, 0.25) is 0 Å². The Morgan fingerprint density at radius 1 is 1.35 bits per heavy atom. The molecule has 0 saturated heterocycles. The lowest BCUT2D eigenvalue weighted by molar-refractivity contribution is 0.309. The minimum atomic E-state index is 0.459. The summed E-state index contributed by atoms with van der Waals surface area (Å²) in [7, 11) is 0. The van der Waals surface area contributed by atoms with Gasteiger partial charge in [-0.15, -0.1) is 11.3 Å². The fourth-order valence-electron chi connectivity index (χ4n) is 1.66. The van der Waals surface area contributed by atoms with Crippen molar-refractivity contribution in [2.75, 3.05) is 0 Å². The maximum Gasteiger partial charge on any atom is 0.138 e. The summed E-state index contributed by atoms with van der Waals surface area (Å²) in [6.07, 6.45) is 0. The molecule has 0 fully saturated rings. The first-order valence-corrected chi connectivity index (χ1v) is 8.48. The van der Waals surface area contributed by atoms with Crippen LogP contribution in [0.3, 0.4) is 0 Å². The summed E-state index contributed by atoms with van der Waals surface area (Å²) in [5.41, 5.74) is 1.16. The van der Waals surface area contributed by atoms with Crippen molar-refractivity contribution >= 4 is 38.9 Å². The smallest absolute Gasteiger partial charge is 0.138 e. The molecular formula is C15H17BrClNOS. The zero-order valence-electron chi connectivity index (χ0n) is 11.5. The van der Waals surface area contributed by atoms with E-state index in [1.54, 1.807) is 11.3 Å². The molecule has 2 nitrogen and oxygen atoms in total. The van der Waals surface area contributed by atoms with Crippen molar-refractivity contribution in [3.8, 4) is 5.75 Å². The molecule has 1 aromatic carbocycles. The summed E-state index contributed by atoms with van der Waals surface area (Å²) in [5, 5.41) is 6.05. The molecule has 0 spiro atoms. The molecule has 1 heterocycles. The maximum atomic E-state index is 6.26. The van der Waals surface area contributed by atoms with E-state index in [1.807, 2.05) is 29.6 Å². The van der Waals surface area contributed by atoms with Crippen LogP contribution in [-0.4, -0.2) is 6.04 Å².